The van der Waals surface area contributed by atoms with E-state index < -0.39 is 18.5 Å². The van der Waals surface area contributed by atoms with Gasteiger partial charge in [-0.15, -0.1) is 0 Å². The summed E-state index contributed by atoms with van der Waals surface area (Å²) in [7, 11) is 0. The summed E-state index contributed by atoms with van der Waals surface area (Å²) in [4.78, 5) is 23.2. The van der Waals surface area contributed by atoms with E-state index in [9.17, 15) is 9.59 Å². The number of rotatable bonds is 5. The van der Waals surface area contributed by atoms with Gasteiger partial charge in [-0.2, -0.15) is 0 Å². The molecule has 0 radical (unpaired) electrons. The van der Waals surface area contributed by atoms with Crippen LogP contribution in [0.2, 0.25) is 10.0 Å². The van der Waals surface area contributed by atoms with Crippen molar-refractivity contribution in [2.45, 2.75) is 13.5 Å². The van der Waals surface area contributed by atoms with E-state index in [1.54, 1.807) is 25.1 Å². The van der Waals surface area contributed by atoms with Crippen molar-refractivity contribution in [3.05, 3.63) is 51.3 Å². The number of nitrogens with zero attached hydrogens (tertiary/aromatic N) is 1. The monoisotopic (exact) mass is 342 g/mol. The second kappa shape index (κ2) is 7.29. The van der Waals surface area contributed by atoms with Gasteiger partial charge in [0.1, 0.15) is 0 Å². The summed E-state index contributed by atoms with van der Waals surface area (Å²) in [6.07, 6.45) is 0. The van der Waals surface area contributed by atoms with Crippen molar-refractivity contribution in [3.63, 3.8) is 0 Å². The van der Waals surface area contributed by atoms with Crippen LogP contribution in [0.1, 0.15) is 21.8 Å². The zero-order valence-corrected chi connectivity index (χ0v) is 13.1. The summed E-state index contributed by atoms with van der Waals surface area (Å²) >= 11 is 11.8. The number of aromatic nitrogens is 1. The Kier molecular flexibility index (Phi) is 5.41. The fraction of sp³-hybridized carbons (Fsp3) is 0.214. The Bertz CT molecular complexity index is 700. The Balaban J connectivity index is 1.79. The third-order valence-electron chi connectivity index (χ3n) is 2.65. The maximum Gasteiger partial charge on any atom is 0.377 e. The van der Waals surface area contributed by atoms with E-state index in [4.69, 9.17) is 32.5 Å². The van der Waals surface area contributed by atoms with Crippen LogP contribution >= 0.6 is 23.2 Å². The Labute approximate surface area is 136 Å². The van der Waals surface area contributed by atoms with Crippen molar-refractivity contribution >= 4 is 35.1 Å². The third-order valence-corrected chi connectivity index (χ3v) is 3.24. The van der Waals surface area contributed by atoms with Crippen molar-refractivity contribution in [1.82, 2.24) is 10.5 Å². The molecule has 0 aliphatic heterocycles. The number of aryl methyl sites for hydroxylation is 1. The first-order valence-corrected chi connectivity index (χ1v) is 7.02. The lowest BCUT2D eigenvalue weighted by molar-refractivity contribution is -0.124. The van der Waals surface area contributed by atoms with E-state index in [1.165, 1.54) is 6.07 Å². The van der Waals surface area contributed by atoms with Gasteiger partial charge in [-0.05, 0) is 24.6 Å². The molecule has 1 aromatic heterocycles. The Morgan fingerprint density at radius 3 is 2.73 bits per heavy atom. The van der Waals surface area contributed by atoms with Crippen LogP contribution in [0.25, 0.3) is 0 Å². The lowest BCUT2D eigenvalue weighted by Crippen LogP contribution is -2.28. The molecular formula is C14H12Cl2N2O4. The van der Waals surface area contributed by atoms with E-state index in [1.807, 2.05) is 0 Å². The maximum atomic E-state index is 11.6. The predicted molar refractivity (Wildman–Crippen MR) is 79.8 cm³/mol. The lowest BCUT2D eigenvalue weighted by atomic mass is 10.2. The summed E-state index contributed by atoms with van der Waals surface area (Å²) in [5.41, 5.74) is 1.25. The number of halogens is 2. The standard InChI is InChI=1S/C14H12Cl2N2O4/c1-8-4-12(22-18-8)14(20)21-7-13(19)17-6-9-2-3-10(15)5-11(9)16/h2-5H,6-7H2,1H3,(H,17,19). The second-order valence-corrected chi connectivity index (χ2v) is 5.26. The molecule has 6 nitrogen and oxygen atoms in total. The molecule has 0 bridgehead atoms. The van der Waals surface area contributed by atoms with Crippen LogP contribution in [-0.4, -0.2) is 23.6 Å². The molecule has 1 heterocycles. The topological polar surface area (TPSA) is 81.4 Å². The van der Waals surface area contributed by atoms with E-state index in [0.717, 1.165) is 0 Å². The number of hydrogen-bond acceptors (Lipinski definition) is 5. The average molecular weight is 343 g/mol. The molecule has 1 N–H and O–H groups in total. The van der Waals surface area contributed by atoms with Gasteiger partial charge < -0.3 is 14.6 Å². The normalized spacial score (nSPS) is 10.3. The van der Waals surface area contributed by atoms with E-state index >= 15 is 0 Å². The van der Waals surface area contributed by atoms with Crippen molar-refractivity contribution in [2.24, 2.45) is 0 Å². The molecule has 0 saturated heterocycles. The Hall–Kier alpha value is -2.05. The number of carbonyl (C=O) groups is 2. The van der Waals surface area contributed by atoms with Gasteiger partial charge in [0, 0.05) is 22.7 Å². The smallest absolute Gasteiger partial charge is 0.377 e. The molecule has 1 aromatic carbocycles. The molecule has 2 aromatic rings. The highest BCUT2D eigenvalue weighted by Crippen LogP contribution is 2.20. The SMILES string of the molecule is Cc1cc(C(=O)OCC(=O)NCc2ccc(Cl)cc2Cl)on1. The number of amides is 1. The second-order valence-electron chi connectivity index (χ2n) is 4.42. The van der Waals surface area contributed by atoms with Crippen molar-refractivity contribution < 1.29 is 18.8 Å². The minimum Gasteiger partial charge on any atom is -0.450 e. The number of hydrogen-bond donors (Lipinski definition) is 1. The first-order valence-electron chi connectivity index (χ1n) is 6.27. The molecule has 116 valence electrons. The van der Waals surface area contributed by atoms with E-state index in [0.29, 0.717) is 21.3 Å². The quantitative estimate of drug-likeness (QED) is 0.845. The molecule has 0 saturated carbocycles. The highest BCUT2D eigenvalue weighted by Gasteiger charge is 2.15. The molecule has 8 heteroatoms. The molecule has 0 fully saturated rings. The molecule has 1 amide bonds. The molecule has 0 unspecified atom stereocenters. The van der Waals surface area contributed by atoms with Crippen molar-refractivity contribution in [3.8, 4) is 0 Å². The van der Waals surface area contributed by atoms with Gasteiger partial charge in [0.05, 0.1) is 5.69 Å². The first kappa shape index (κ1) is 16.3. The predicted octanol–water partition coefficient (Wildman–Crippen LogP) is 2.76. The van der Waals surface area contributed by atoms with Crippen LogP contribution in [0.4, 0.5) is 0 Å². The van der Waals surface area contributed by atoms with Gasteiger partial charge in [0.25, 0.3) is 5.91 Å². The van der Waals surface area contributed by atoms with Gasteiger partial charge in [-0.1, -0.05) is 34.4 Å². The molecule has 0 spiro atoms. The first-order chi connectivity index (χ1) is 10.5. The molecule has 0 atom stereocenters. The average Bonchev–Trinajstić information content (AvgIpc) is 2.90. The van der Waals surface area contributed by atoms with Crippen LogP contribution in [-0.2, 0) is 16.1 Å². The maximum absolute atomic E-state index is 11.6. The van der Waals surface area contributed by atoms with Crippen LogP contribution < -0.4 is 5.32 Å². The summed E-state index contributed by atoms with van der Waals surface area (Å²) in [6.45, 7) is 1.44. The molecule has 22 heavy (non-hydrogen) atoms. The third kappa shape index (κ3) is 4.47. The highest BCUT2D eigenvalue weighted by molar-refractivity contribution is 6.35. The number of nitrogens with one attached hydrogen (secondary N) is 1. The summed E-state index contributed by atoms with van der Waals surface area (Å²) in [5.74, 6) is -1.26. The summed E-state index contributed by atoms with van der Waals surface area (Å²) in [6, 6.07) is 6.38. The van der Waals surface area contributed by atoms with Gasteiger partial charge in [-0.3, -0.25) is 4.79 Å². The van der Waals surface area contributed by atoms with Gasteiger partial charge in [0.2, 0.25) is 5.76 Å². The summed E-state index contributed by atoms with van der Waals surface area (Å²) < 4.78 is 9.53. The zero-order valence-electron chi connectivity index (χ0n) is 11.6. The number of carbonyl (C=O) groups excluding carboxylic acids is 2. The number of benzene rings is 1. The molecular weight excluding hydrogens is 331 g/mol. The fourth-order valence-electron chi connectivity index (χ4n) is 1.57. The highest BCUT2D eigenvalue weighted by atomic mass is 35.5. The Morgan fingerprint density at radius 2 is 2.09 bits per heavy atom. The van der Waals surface area contributed by atoms with Crippen molar-refractivity contribution in [1.29, 1.82) is 0 Å². The molecule has 0 aliphatic rings. The lowest BCUT2D eigenvalue weighted by Gasteiger charge is -2.07. The largest absolute Gasteiger partial charge is 0.450 e. The van der Waals surface area contributed by atoms with Crippen LogP contribution in [0.5, 0.6) is 0 Å². The van der Waals surface area contributed by atoms with Gasteiger partial charge in [0.15, 0.2) is 6.61 Å². The minimum absolute atomic E-state index is 0.0500. The zero-order chi connectivity index (χ0) is 16.1. The number of esters is 1. The molecule has 2 rings (SSSR count). The van der Waals surface area contributed by atoms with Crippen LogP contribution in [0.15, 0.2) is 28.8 Å². The van der Waals surface area contributed by atoms with Gasteiger partial charge in [-0.25, -0.2) is 4.79 Å². The minimum atomic E-state index is -0.750. The van der Waals surface area contributed by atoms with Crippen LogP contribution in [0, 0.1) is 6.92 Å². The van der Waals surface area contributed by atoms with E-state index in [2.05, 4.69) is 10.5 Å². The number of ether oxygens (including phenoxy) is 1. The van der Waals surface area contributed by atoms with Crippen molar-refractivity contribution in [2.75, 3.05) is 6.61 Å². The van der Waals surface area contributed by atoms with E-state index in [-0.39, 0.29) is 12.3 Å². The molecule has 0 aliphatic carbocycles. The summed E-state index contributed by atoms with van der Waals surface area (Å²) in [5, 5.41) is 7.09. The van der Waals surface area contributed by atoms with Crippen LogP contribution in [0.3, 0.4) is 0 Å². The fourth-order valence-corrected chi connectivity index (χ4v) is 2.05. The van der Waals surface area contributed by atoms with Gasteiger partial charge >= 0.3 is 5.97 Å². The Morgan fingerprint density at radius 1 is 1.32 bits per heavy atom.